The van der Waals surface area contributed by atoms with E-state index in [4.69, 9.17) is 4.42 Å². The summed E-state index contributed by atoms with van der Waals surface area (Å²) in [6.45, 7) is 0. The molecule has 1 aromatic carbocycles. The van der Waals surface area contributed by atoms with Crippen molar-refractivity contribution < 1.29 is 4.42 Å². The van der Waals surface area contributed by atoms with Crippen LogP contribution in [0.5, 0.6) is 0 Å². The molecule has 2 aromatic rings. The first-order chi connectivity index (χ1) is 9.34. The largest absolute Gasteiger partial charge is 0.456 e. The lowest BCUT2D eigenvalue weighted by atomic mass is 10.0. The van der Waals surface area contributed by atoms with Gasteiger partial charge >= 0.3 is 0 Å². The van der Waals surface area contributed by atoms with Crippen molar-refractivity contribution in [2.45, 2.75) is 12.8 Å². The predicted octanol–water partition coefficient (Wildman–Crippen LogP) is 4.08. The van der Waals surface area contributed by atoms with E-state index in [0.29, 0.717) is 16.7 Å². The quantitative estimate of drug-likeness (QED) is 0.763. The third-order valence-corrected chi connectivity index (χ3v) is 3.17. The standard InChI is InChI=1S/C17H14O2/c18-15-12-17(13-8-4-2-1-3-5-9-13)19-16-11-7-6-10-14(15)16/h1-4,6-7,9-12H,5,8H2/b3-1-,4-2?,13-9+. The van der Waals surface area contributed by atoms with Crippen LogP contribution >= 0.6 is 0 Å². The average molecular weight is 250 g/mol. The lowest BCUT2D eigenvalue weighted by molar-refractivity contribution is 0.584. The van der Waals surface area contributed by atoms with Gasteiger partial charge in [-0.2, -0.15) is 0 Å². The van der Waals surface area contributed by atoms with Crippen LogP contribution in [0.3, 0.4) is 0 Å². The van der Waals surface area contributed by atoms with Crippen LogP contribution in [0.4, 0.5) is 0 Å². The molecule has 0 bridgehead atoms. The Labute approximate surface area is 111 Å². The Hall–Kier alpha value is -2.35. The predicted molar refractivity (Wildman–Crippen MR) is 78.0 cm³/mol. The van der Waals surface area contributed by atoms with Gasteiger partial charge in [-0.25, -0.2) is 0 Å². The van der Waals surface area contributed by atoms with Crippen LogP contribution in [0.1, 0.15) is 18.6 Å². The second-order valence-electron chi connectivity index (χ2n) is 4.50. The van der Waals surface area contributed by atoms with Crippen molar-refractivity contribution in [3.63, 3.8) is 0 Å². The number of hydrogen-bond donors (Lipinski definition) is 0. The molecule has 0 saturated carbocycles. The highest BCUT2D eigenvalue weighted by molar-refractivity contribution is 5.78. The lowest BCUT2D eigenvalue weighted by Crippen LogP contribution is -2.01. The minimum Gasteiger partial charge on any atom is -0.456 e. The molecule has 0 saturated heterocycles. The van der Waals surface area contributed by atoms with Crippen molar-refractivity contribution in [2.75, 3.05) is 0 Å². The van der Waals surface area contributed by atoms with Crippen LogP contribution in [0.25, 0.3) is 16.5 Å². The van der Waals surface area contributed by atoms with Gasteiger partial charge in [0.2, 0.25) is 0 Å². The Balaban J connectivity index is 2.13. The molecule has 0 amide bonds. The Morgan fingerprint density at radius 1 is 1.05 bits per heavy atom. The first kappa shape index (κ1) is 11.7. The van der Waals surface area contributed by atoms with E-state index in [2.05, 4.69) is 18.2 Å². The van der Waals surface area contributed by atoms with Crippen molar-refractivity contribution in [1.29, 1.82) is 0 Å². The Morgan fingerprint density at radius 2 is 1.89 bits per heavy atom. The van der Waals surface area contributed by atoms with Gasteiger partial charge in [0.1, 0.15) is 11.3 Å². The number of allylic oxidation sites excluding steroid dienone is 6. The number of benzene rings is 1. The summed E-state index contributed by atoms with van der Waals surface area (Å²) in [7, 11) is 0. The molecule has 3 rings (SSSR count). The maximum absolute atomic E-state index is 12.1. The summed E-state index contributed by atoms with van der Waals surface area (Å²) in [6.07, 6.45) is 11.9. The van der Waals surface area contributed by atoms with Gasteiger partial charge in [0.15, 0.2) is 5.43 Å². The molecule has 0 radical (unpaired) electrons. The smallest absolute Gasteiger partial charge is 0.193 e. The van der Waals surface area contributed by atoms with E-state index in [0.717, 1.165) is 18.4 Å². The van der Waals surface area contributed by atoms with Gasteiger partial charge in [-0.15, -0.1) is 0 Å². The summed E-state index contributed by atoms with van der Waals surface area (Å²) >= 11 is 0. The first-order valence-electron chi connectivity index (χ1n) is 6.38. The van der Waals surface area contributed by atoms with E-state index in [1.54, 1.807) is 12.1 Å². The molecule has 94 valence electrons. The van der Waals surface area contributed by atoms with Gasteiger partial charge in [0.05, 0.1) is 5.39 Å². The van der Waals surface area contributed by atoms with Crippen molar-refractivity contribution in [2.24, 2.45) is 0 Å². The SMILES string of the molecule is O=c1cc(/C2=C/C/C=C\C=CC2)oc2ccccc12. The van der Waals surface area contributed by atoms with Crippen LogP contribution in [0.2, 0.25) is 0 Å². The fourth-order valence-electron chi connectivity index (χ4n) is 2.19. The molecule has 0 atom stereocenters. The minimum absolute atomic E-state index is 0.0133. The van der Waals surface area contributed by atoms with E-state index in [-0.39, 0.29) is 5.43 Å². The van der Waals surface area contributed by atoms with Gasteiger partial charge in [-0.3, -0.25) is 4.79 Å². The Kier molecular flexibility index (Phi) is 3.15. The van der Waals surface area contributed by atoms with Crippen LogP contribution in [-0.4, -0.2) is 0 Å². The maximum Gasteiger partial charge on any atom is 0.193 e. The summed E-state index contributed by atoms with van der Waals surface area (Å²) < 4.78 is 5.85. The molecule has 0 N–H and O–H groups in total. The molecule has 1 aliphatic carbocycles. The number of fused-ring (bicyclic) bond motifs is 1. The summed E-state index contributed by atoms with van der Waals surface area (Å²) in [5, 5.41) is 0.633. The summed E-state index contributed by atoms with van der Waals surface area (Å²) in [5.74, 6) is 0.670. The van der Waals surface area contributed by atoms with Gasteiger partial charge in [-0.05, 0) is 30.5 Å². The normalized spacial score (nSPS) is 19.5. The number of hydrogen-bond acceptors (Lipinski definition) is 2. The molecule has 1 heterocycles. The van der Waals surface area contributed by atoms with Gasteiger partial charge in [0, 0.05) is 6.07 Å². The second kappa shape index (κ2) is 5.11. The highest BCUT2D eigenvalue weighted by Crippen LogP contribution is 2.23. The molecule has 0 unspecified atom stereocenters. The fourth-order valence-corrected chi connectivity index (χ4v) is 2.19. The van der Waals surface area contributed by atoms with E-state index in [1.165, 1.54) is 0 Å². The molecule has 1 aliphatic rings. The molecule has 0 aliphatic heterocycles. The van der Waals surface area contributed by atoms with Crippen LogP contribution in [0, 0.1) is 0 Å². The third kappa shape index (κ3) is 2.43. The highest BCUT2D eigenvalue weighted by atomic mass is 16.3. The molecule has 0 fully saturated rings. The summed E-state index contributed by atoms with van der Waals surface area (Å²) in [5.41, 5.74) is 1.72. The zero-order valence-electron chi connectivity index (χ0n) is 10.5. The molecule has 19 heavy (non-hydrogen) atoms. The summed E-state index contributed by atoms with van der Waals surface area (Å²) in [6, 6.07) is 8.94. The Bertz CT molecular complexity index is 745. The topological polar surface area (TPSA) is 30.2 Å². The maximum atomic E-state index is 12.1. The van der Waals surface area contributed by atoms with E-state index >= 15 is 0 Å². The highest BCUT2D eigenvalue weighted by Gasteiger charge is 2.08. The number of rotatable bonds is 1. The van der Waals surface area contributed by atoms with E-state index in [1.807, 2.05) is 30.4 Å². The van der Waals surface area contributed by atoms with E-state index in [9.17, 15) is 4.79 Å². The average Bonchev–Trinajstić information content (AvgIpc) is 2.38. The van der Waals surface area contributed by atoms with Gasteiger partial charge in [-0.1, -0.05) is 42.5 Å². The second-order valence-corrected chi connectivity index (χ2v) is 4.50. The molecule has 2 heteroatoms. The van der Waals surface area contributed by atoms with Crippen LogP contribution < -0.4 is 5.43 Å². The zero-order chi connectivity index (χ0) is 13.1. The molecule has 2 nitrogen and oxygen atoms in total. The van der Waals surface area contributed by atoms with Crippen LogP contribution in [-0.2, 0) is 0 Å². The van der Waals surface area contributed by atoms with Crippen molar-refractivity contribution in [3.8, 4) is 0 Å². The Morgan fingerprint density at radius 3 is 2.84 bits per heavy atom. The minimum atomic E-state index is 0.0133. The van der Waals surface area contributed by atoms with Crippen LogP contribution in [0.15, 0.2) is 69.9 Å². The number of para-hydroxylation sites is 1. The van der Waals surface area contributed by atoms with Crippen molar-refractivity contribution >= 4 is 16.5 Å². The molecule has 0 spiro atoms. The summed E-state index contributed by atoms with van der Waals surface area (Å²) in [4.78, 5) is 12.1. The monoisotopic (exact) mass is 250 g/mol. The first-order valence-corrected chi connectivity index (χ1v) is 6.38. The van der Waals surface area contributed by atoms with Gasteiger partial charge < -0.3 is 4.42 Å². The van der Waals surface area contributed by atoms with E-state index < -0.39 is 0 Å². The lowest BCUT2D eigenvalue weighted by Gasteiger charge is -2.06. The third-order valence-electron chi connectivity index (χ3n) is 3.17. The van der Waals surface area contributed by atoms with Crippen molar-refractivity contribution in [1.82, 2.24) is 0 Å². The zero-order valence-corrected chi connectivity index (χ0v) is 10.5. The van der Waals surface area contributed by atoms with Crippen molar-refractivity contribution in [3.05, 3.63) is 76.7 Å². The van der Waals surface area contributed by atoms with Gasteiger partial charge in [0.25, 0.3) is 0 Å². The fraction of sp³-hybridized carbons (Fsp3) is 0.118. The molecule has 1 aromatic heterocycles. The molecular weight excluding hydrogens is 236 g/mol. The molecular formula is C17H14O2.